The summed E-state index contributed by atoms with van der Waals surface area (Å²) in [5, 5.41) is 0. The normalized spacial score (nSPS) is 23.4. The minimum absolute atomic E-state index is 0.0451. The molecule has 1 aliphatic heterocycles. The standard InChI is InChI=1S/C15H21FN2O/c1-2-3-11-8-14(17)10-18(9-11)15(19)12-4-6-13(16)7-5-12/h4-7,11,14H,2-3,8-10,17H2,1H3. The largest absolute Gasteiger partial charge is 0.337 e. The van der Waals surface area contributed by atoms with Gasteiger partial charge < -0.3 is 10.6 Å². The summed E-state index contributed by atoms with van der Waals surface area (Å²) in [6, 6.07) is 5.76. The van der Waals surface area contributed by atoms with Crippen LogP contribution in [0.4, 0.5) is 4.39 Å². The monoisotopic (exact) mass is 264 g/mol. The number of halogens is 1. The van der Waals surface area contributed by atoms with Crippen molar-refractivity contribution >= 4 is 5.91 Å². The van der Waals surface area contributed by atoms with Crippen molar-refractivity contribution in [3.8, 4) is 0 Å². The molecule has 3 nitrogen and oxygen atoms in total. The number of hydrogen-bond acceptors (Lipinski definition) is 2. The molecule has 0 aliphatic carbocycles. The zero-order chi connectivity index (χ0) is 13.8. The number of benzene rings is 1. The van der Waals surface area contributed by atoms with Crippen LogP contribution in [0.5, 0.6) is 0 Å². The molecule has 1 aromatic rings. The summed E-state index contributed by atoms with van der Waals surface area (Å²) in [4.78, 5) is 14.2. The number of carbonyl (C=O) groups is 1. The molecule has 1 fully saturated rings. The van der Waals surface area contributed by atoms with Crippen molar-refractivity contribution in [1.82, 2.24) is 4.90 Å². The van der Waals surface area contributed by atoms with Crippen LogP contribution in [0, 0.1) is 11.7 Å². The molecule has 19 heavy (non-hydrogen) atoms. The van der Waals surface area contributed by atoms with Crippen molar-refractivity contribution in [2.45, 2.75) is 32.2 Å². The highest BCUT2D eigenvalue weighted by molar-refractivity contribution is 5.94. The van der Waals surface area contributed by atoms with E-state index >= 15 is 0 Å². The summed E-state index contributed by atoms with van der Waals surface area (Å²) < 4.78 is 12.9. The van der Waals surface area contributed by atoms with Gasteiger partial charge in [0.15, 0.2) is 0 Å². The van der Waals surface area contributed by atoms with Crippen LogP contribution in [0.3, 0.4) is 0 Å². The minimum Gasteiger partial charge on any atom is -0.337 e. The van der Waals surface area contributed by atoms with Crippen molar-refractivity contribution in [1.29, 1.82) is 0 Å². The average molecular weight is 264 g/mol. The van der Waals surface area contributed by atoms with Crippen molar-refractivity contribution < 1.29 is 9.18 Å². The molecular formula is C15H21FN2O. The number of rotatable bonds is 3. The van der Waals surface area contributed by atoms with E-state index in [1.807, 2.05) is 4.90 Å². The third kappa shape index (κ3) is 3.53. The highest BCUT2D eigenvalue weighted by Gasteiger charge is 2.28. The predicted octanol–water partition coefficient (Wildman–Crippen LogP) is 2.42. The lowest BCUT2D eigenvalue weighted by atomic mass is 9.90. The molecule has 1 heterocycles. The van der Waals surface area contributed by atoms with Gasteiger partial charge in [-0.05, 0) is 43.0 Å². The Hall–Kier alpha value is -1.42. The first-order valence-corrected chi connectivity index (χ1v) is 6.90. The molecule has 0 spiro atoms. The van der Waals surface area contributed by atoms with Gasteiger partial charge in [-0.25, -0.2) is 4.39 Å². The number of amides is 1. The quantitative estimate of drug-likeness (QED) is 0.911. The smallest absolute Gasteiger partial charge is 0.253 e. The van der Waals surface area contributed by atoms with Crippen LogP contribution in [0.2, 0.25) is 0 Å². The van der Waals surface area contributed by atoms with Crippen LogP contribution in [-0.4, -0.2) is 29.9 Å². The third-order valence-electron chi connectivity index (χ3n) is 3.64. The second kappa shape index (κ2) is 6.15. The zero-order valence-corrected chi connectivity index (χ0v) is 11.3. The Morgan fingerprint density at radius 3 is 2.68 bits per heavy atom. The van der Waals surface area contributed by atoms with E-state index in [1.54, 1.807) is 0 Å². The summed E-state index contributed by atoms with van der Waals surface area (Å²) in [6.07, 6.45) is 3.19. The van der Waals surface area contributed by atoms with Gasteiger partial charge in [-0.1, -0.05) is 13.3 Å². The Kier molecular flexibility index (Phi) is 4.53. The van der Waals surface area contributed by atoms with Gasteiger partial charge in [-0.15, -0.1) is 0 Å². The van der Waals surface area contributed by atoms with E-state index in [1.165, 1.54) is 24.3 Å². The van der Waals surface area contributed by atoms with Gasteiger partial charge in [0.1, 0.15) is 5.82 Å². The van der Waals surface area contributed by atoms with E-state index in [0.29, 0.717) is 18.0 Å². The molecule has 1 aromatic carbocycles. The van der Waals surface area contributed by atoms with E-state index in [0.717, 1.165) is 25.8 Å². The zero-order valence-electron chi connectivity index (χ0n) is 11.3. The summed E-state index contributed by atoms with van der Waals surface area (Å²) in [6.45, 7) is 3.50. The van der Waals surface area contributed by atoms with Crippen LogP contribution < -0.4 is 5.73 Å². The van der Waals surface area contributed by atoms with Gasteiger partial charge in [0.2, 0.25) is 0 Å². The maximum atomic E-state index is 12.9. The van der Waals surface area contributed by atoms with Gasteiger partial charge >= 0.3 is 0 Å². The first-order chi connectivity index (χ1) is 9.10. The maximum Gasteiger partial charge on any atom is 0.253 e. The Labute approximate surface area is 113 Å². The summed E-state index contributed by atoms with van der Waals surface area (Å²) in [7, 11) is 0. The topological polar surface area (TPSA) is 46.3 Å². The number of nitrogens with two attached hydrogens (primary N) is 1. The average Bonchev–Trinajstić information content (AvgIpc) is 2.38. The van der Waals surface area contributed by atoms with E-state index in [9.17, 15) is 9.18 Å². The van der Waals surface area contributed by atoms with E-state index in [4.69, 9.17) is 5.73 Å². The Bertz CT molecular complexity index is 432. The minimum atomic E-state index is -0.323. The third-order valence-corrected chi connectivity index (χ3v) is 3.64. The summed E-state index contributed by atoms with van der Waals surface area (Å²) >= 11 is 0. The molecule has 2 N–H and O–H groups in total. The molecule has 1 saturated heterocycles. The molecule has 104 valence electrons. The maximum absolute atomic E-state index is 12.9. The van der Waals surface area contributed by atoms with Gasteiger partial charge in [-0.2, -0.15) is 0 Å². The van der Waals surface area contributed by atoms with Crippen LogP contribution in [0.1, 0.15) is 36.5 Å². The van der Waals surface area contributed by atoms with Crippen LogP contribution in [0.25, 0.3) is 0 Å². The number of piperidine rings is 1. The lowest BCUT2D eigenvalue weighted by Crippen LogP contribution is -2.49. The van der Waals surface area contributed by atoms with Gasteiger partial charge in [0.05, 0.1) is 0 Å². The van der Waals surface area contributed by atoms with Crippen molar-refractivity contribution in [2.24, 2.45) is 11.7 Å². The van der Waals surface area contributed by atoms with Gasteiger partial charge in [0, 0.05) is 24.7 Å². The lowest BCUT2D eigenvalue weighted by molar-refractivity contribution is 0.0643. The molecule has 0 radical (unpaired) electrons. The Morgan fingerprint density at radius 1 is 1.37 bits per heavy atom. The Balaban J connectivity index is 2.07. The molecule has 0 saturated carbocycles. The van der Waals surface area contributed by atoms with Crippen molar-refractivity contribution in [3.63, 3.8) is 0 Å². The first kappa shape index (κ1) is 14.0. The number of likely N-dealkylation sites (tertiary alicyclic amines) is 1. The number of carbonyl (C=O) groups excluding carboxylic acids is 1. The lowest BCUT2D eigenvalue weighted by Gasteiger charge is -2.36. The van der Waals surface area contributed by atoms with Crippen molar-refractivity contribution in [3.05, 3.63) is 35.6 Å². The molecule has 0 aromatic heterocycles. The van der Waals surface area contributed by atoms with Crippen LogP contribution in [0.15, 0.2) is 24.3 Å². The van der Waals surface area contributed by atoms with Crippen molar-refractivity contribution in [2.75, 3.05) is 13.1 Å². The molecular weight excluding hydrogens is 243 g/mol. The number of hydrogen-bond donors (Lipinski definition) is 1. The van der Waals surface area contributed by atoms with E-state index in [-0.39, 0.29) is 17.8 Å². The fourth-order valence-electron chi connectivity index (χ4n) is 2.80. The molecule has 4 heteroatoms. The second-order valence-electron chi connectivity index (χ2n) is 5.37. The van der Waals surface area contributed by atoms with Crippen LogP contribution >= 0.6 is 0 Å². The molecule has 2 unspecified atom stereocenters. The summed E-state index contributed by atoms with van der Waals surface area (Å²) in [5.41, 5.74) is 6.57. The van der Waals surface area contributed by atoms with Crippen LogP contribution in [-0.2, 0) is 0 Å². The van der Waals surface area contributed by atoms with E-state index < -0.39 is 0 Å². The second-order valence-corrected chi connectivity index (χ2v) is 5.37. The fourth-order valence-corrected chi connectivity index (χ4v) is 2.80. The summed E-state index contributed by atoms with van der Waals surface area (Å²) in [5.74, 6) is 0.116. The highest BCUT2D eigenvalue weighted by atomic mass is 19.1. The predicted molar refractivity (Wildman–Crippen MR) is 73.3 cm³/mol. The molecule has 2 atom stereocenters. The molecule has 0 bridgehead atoms. The number of nitrogens with zero attached hydrogens (tertiary/aromatic N) is 1. The molecule has 2 rings (SSSR count). The first-order valence-electron chi connectivity index (χ1n) is 6.90. The van der Waals surface area contributed by atoms with Gasteiger partial charge in [0.25, 0.3) is 5.91 Å². The molecule has 1 amide bonds. The van der Waals surface area contributed by atoms with E-state index in [2.05, 4.69) is 6.92 Å². The van der Waals surface area contributed by atoms with Gasteiger partial charge in [-0.3, -0.25) is 4.79 Å². The fraction of sp³-hybridized carbons (Fsp3) is 0.533. The Morgan fingerprint density at radius 2 is 2.05 bits per heavy atom. The highest BCUT2D eigenvalue weighted by Crippen LogP contribution is 2.22. The molecule has 1 aliphatic rings. The SMILES string of the molecule is CCCC1CC(N)CN(C(=O)c2ccc(F)cc2)C1.